The number of ether oxygens (including phenoxy) is 1. The minimum absolute atomic E-state index is 0.0230. The van der Waals surface area contributed by atoms with Gasteiger partial charge in [-0.1, -0.05) is 6.08 Å². The van der Waals surface area contributed by atoms with Gasteiger partial charge in [0, 0.05) is 25.0 Å². The maximum absolute atomic E-state index is 11.5. The van der Waals surface area contributed by atoms with Crippen LogP contribution in [0.15, 0.2) is 12.7 Å². The number of fused-ring (bicyclic) bond motifs is 1. The molecule has 4 heteroatoms. The zero-order chi connectivity index (χ0) is 10.8. The predicted octanol–water partition coefficient (Wildman–Crippen LogP) is 0.183. The van der Waals surface area contributed by atoms with Crippen LogP contribution in [0, 0.1) is 5.92 Å². The summed E-state index contributed by atoms with van der Waals surface area (Å²) in [6, 6.07) is 0.0972. The maximum Gasteiger partial charge on any atom is 0.220 e. The van der Waals surface area contributed by atoms with Gasteiger partial charge in [0.25, 0.3) is 0 Å². The number of allylic oxidation sites excluding steroid dienone is 1. The van der Waals surface area contributed by atoms with Gasteiger partial charge in [0.1, 0.15) is 0 Å². The Labute approximate surface area is 89.9 Å². The third-order valence-electron chi connectivity index (χ3n) is 3.35. The highest BCUT2D eigenvalue weighted by Gasteiger charge is 2.52. The average molecular weight is 210 g/mol. The van der Waals surface area contributed by atoms with Gasteiger partial charge >= 0.3 is 0 Å². The molecule has 3 N–H and O–H groups in total. The van der Waals surface area contributed by atoms with E-state index in [4.69, 9.17) is 10.5 Å². The molecule has 15 heavy (non-hydrogen) atoms. The summed E-state index contributed by atoms with van der Waals surface area (Å²) in [6.45, 7) is 4.36. The first-order valence-electron chi connectivity index (χ1n) is 5.51. The van der Waals surface area contributed by atoms with Crippen LogP contribution in [-0.2, 0) is 9.53 Å². The van der Waals surface area contributed by atoms with Gasteiger partial charge in [0.2, 0.25) is 5.91 Å². The summed E-state index contributed by atoms with van der Waals surface area (Å²) in [4.78, 5) is 11.5. The fraction of sp³-hybridized carbons (Fsp3) is 0.727. The van der Waals surface area contributed by atoms with Gasteiger partial charge in [-0.15, -0.1) is 6.58 Å². The fourth-order valence-corrected chi connectivity index (χ4v) is 2.42. The molecule has 1 saturated carbocycles. The first kappa shape index (κ1) is 10.6. The molecule has 0 aromatic heterocycles. The van der Waals surface area contributed by atoms with Crippen molar-refractivity contribution in [2.75, 3.05) is 6.61 Å². The fourth-order valence-electron chi connectivity index (χ4n) is 2.42. The molecular formula is C11H18N2O2. The van der Waals surface area contributed by atoms with Crippen molar-refractivity contribution >= 4 is 5.91 Å². The molecule has 1 aliphatic heterocycles. The number of nitrogens with two attached hydrogens (primary N) is 1. The average Bonchev–Trinajstić information content (AvgIpc) is 2.67. The number of nitrogens with one attached hydrogen (secondary N) is 1. The van der Waals surface area contributed by atoms with E-state index in [1.165, 1.54) is 0 Å². The first-order valence-corrected chi connectivity index (χ1v) is 5.51. The highest BCUT2D eigenvalue weighted by Crippen LogP contribution is 2.37. The van der Waals surface area contributed by atoms with Crippen LogP contribution in [0.25, 0.3) is 0 Å². The Kier molecular flexibility index (Phi) is 3.07. The van der Waals surface area contributed by atoms with Crippen LogP contribution < -0.4 is 11.1 Å². The molecule has 2 fully saturated rings. The molecular weight excluding hydrogens is 192 g/mol. The standard InChI is InChI=1S/C11H18N2O2/c1-2-3-4-8(14)13-10-9(12)7-5-6-15-11(7)10/h2,7,9-11H,1,3-6,12H2,(H,13,14). The number of hydrogen-bond acceptors (Lipinski definition) is 3. The lowest BCUT2D eigenvalue weighted by molar-refractivity contribution is -0.125. The van der Waals surface area contributed by atoms with Crippen LogP contribution in [0.5, 0.6) is 0 Å². The van der Waals surface area contributed by atoms with Crippen LogP contribution in [0.4, 0.5) is 0 Å². The minimum Gasteiger partial charge on any atom is -0.376 e. The maximum atomic E-state index is 11.5. The second-order valence-corrected chi connectivity index (χ2v) is 4.29. The Morgan fingerprint density at radius 3 is 3.20 bits per heavy atom. The Balaban J connectivity index is 1.80. The van der Waals surface area contributed by atoms with Crippen molar-refractivity contribution in [2.24, 2.45) is 11.7 Å². The van der Waals surface area contributed by atoms with E-state index in [1.807, 2.05) is 0 Å². The Morgan fingerprint density at radius 2 is 2.47 bits per heavy atom. The van der Waals surface area contributed by atoms with Gasteiger partial charge in [0.05, 0.1) is 12.1 Å². The van der Waals surface area contributed by atoms with Crippen molar-refractivity contribution in [2.45, 2.75) is 37.5 Å². The summed E-state index contributed by atoms with van der Waals surface area (Å²) in [7, 11) is 0. The molecule has 1 aliphatic carbocycles. The van der Waals surface area contributed by atoms with E-state index in [1.54, 1.807) is 6.08 Å². The zero-order valence-corrected chi connectivity index (χ0v) is 8.82. The lowest BCUT2D eigenvalue weighted by atomic mass is 9.72. The third-order valence-corrected chi connectivity index (χ3v) is 3.35. The van der Waals surface area contributed by atoms with Crippen LogP contribution in [0.3, 0.4) is 0 Å². The van der Waals surface area contributed by atoms with E-state index in [2.05, 4.69) is 11.9 Å². The van der Waals surface area contributed by atoms with E-state index in [9.17, 15) is 4.79 Å². The molecule has 1 heterocycles. The van der Waals surface area contributed by atoms with Crippen LogP contribution in [0.2, 0.25) is 0 Å². The number of rotatable bonds is 4. The third kappa shape index (κ3) is 1.92. The van der Waals surface area contributed by atoms with Gasteiger partial charge in [-0.2, -0.15) is 0 Å². The topological polar surface area (TPSA) is 64.4 Å². The lowest BCUT2D eigenvalue weighted by Crippen LogP contribution is -2.68. The van der Waals surface area contributed by atoms with E-state index < -0.39 is 0 Å². The second-order valence-electron chi connectivity index (χ2n) is 4.29. The summed E-state index contributed by atoms with van der Waals surface area (Å²) in [6.07, 6.45) is 4.14. The molecule has 1 amide bonds. The molecule has 2 aliphatic rings. The number of hydrogen-bond donors (Lipinski definition) is 2. The molecule has 4 unspecified atom stereocenters. The Hall–Kier alpha value is -0.870. The summed E-state index contributed by atoms with van der Waals surface area (Å²) >= 11 is 0. The van der Waals surface area contributed by atoms with Crippen LogP contribution in [0.1, 0.15) is 19.3 Å². The largest absolute Gasteiger partial charge is 0.376 e. The molecule has 0 bridgehead atoms. The summed E-state index contributed by atoms with van der Waals surface area (Å²) in [5.41, 5.74) is 5.97. The lowest BCUT2D eigenvalue weighted by Gasteiger charge is -2.45. The predicted molar refractivity (Wildman–Crippen MR) is 57.2 cm³/mol. The van der Waals surface area contributed by atoms with Crippen LogP contribution >= 0.6 is 0 Å². The molecule has 0 aromatic carbocycles. The van der Waals surface area contributed by atoms with Gasteiger partial charge in [-0.3, -0.25) is 4.79 Å². The van der Waals surface area contributed by atoms with Crippen LogP contribution in [-0.4, -0.2) is 30.7 Å². The number of amides is 1. The van der Waals surface area contributed by atoms with Crippen molar-refractivity contribution in [1.29, 1.82) is 0 Å². The second kappa shape index (κ2) is 4.33. The van der Waals surface area contributed by atoms with Crippen molar-refractivity contribution in [3.05, 3.63) is 12.7 Å². The quantitative estimate of drug-likeness (QED) is 0.651. The normalized spacial score (nSPS) is 37.9. The zero-order valence-electron chi connectivity index (χ0n) is 8.82. The molecule has 0 aromatic rings. The highest BCUT2D eigenvalue weighted by molar-refractivity contribution is 5.76. The van der Waals surface area contributed by atoms with E-state index >= 15 is 0 Å². The van der Waals surface area contributed by atoms with Gasteiger partial charge in [-0.05, 0) is 12.8 Å². The van der Waals surface area contributed by atoms with Crippen molar-refractivity contribution < 1.29 is 9.53 Å². The summed E-state index contributed by atoms with van der Waals surface area (Å²) in [5.74, 6) is 0.499. The molecule has 2 rings (SSSR count). The first-order chi connectivity index (χ1) is 7.24. The molecule has 84 valence electrons. The molecule has 4 atom stereocenters. The van der Waals surface area contributed by atoms with Gasteiger partial charge < -0.3 is 15.8 Å². The highest BCUT2D eigenvalue weighted by atomic mass is 16.5. The molecule has 1 saturated heterocycles. The van der Waals surface area contributed by atoms with Gasteiger partial charge in [0.15, 0.2) is 0 Å². The SMILES string of the molecule is C=CCCC(=O)NC1C(N)C2CCOC21. The minimum atomic E-state index is 0.0230. The van der Waals surface area contributed by atoms with E-state index in [-0.39, 0.29) is 24.1 Å². The summed E-state index contributed by atoms with van der Waals surface area (Å²) < 4.78 is 5.53. The smallest absolute Gasteiger partial charge is 0.220 e. The van der Waals surface area contributed by atoms with Gasteiger partial charge in [-0.25, -0.2) is 0 Å². The Morgan fingerprint density at radius 1 is 1.67 bits per heavy atom. The van der Waals surface area contributed by atoms with Crippen molar-refractivity contribution in [3.8, 4) is 0 Å². The van der Waals surface area contributed by atoms with Crippen molar-refractivity contribution in [1.82, 2.24) is 5.32 Å². The Bertz CT molecular complexity index is 267. The molecule has 4 nitrogen and oxygen atoms in total. The summed E-state index contributed by atoms with van der Waals surface area (Å²) in [5, 5.41) is 2.94. The van der Waals surface area contributed by atoms with Crippen molar-refractivity contribution in [3.63, 3.8) is 0 Å². The van der Waals surface area contributed by atoms with E-state index in [0.717, 1.165) is 13.0 Å². The molecule has 0 radical (unpaired) electrons. The molecule has 0 spiro atoms. The monoisotopic (exact) mass is 210 g/mol. The number of carbonyl (C=O) groups is 1. The number of carbonyl (C=O) groups excluding carboxylic acids is 1. The van der Waals surface area contributed by atoms with E-state index in [0.29, 0.717) is 18.8 Å².